The Balaban J connectivity index is 2.22. The van der Waals surface area contributed by atoms with Gasteiger partial charge in [0.25, 0.3) is 5.69 Å². The molecule has 3 N–H and O–H groups in total. The number of amides is 1. The first-order valence-electron chi connectivity index (χ1n) is 5.71. The second-order valence-electron chi connectivity index (χ2n) is 4.07. The van der Waals surface area contributed by atoms with Gasteiger partial charge in [-0.3, -0.25) is 14.9 Å². The molecule has 0 atom stereocenters. The number of carbonyl (C=O) groups is 1. The van der Waals surface area contributed by atoms with Crippen LogP contribution < -0.4 is 11.1 Å². The van der Waals surface area contributed by atoms with Crippen molar-refractivity contribution in [1.29, 1.82) is 0 Å². The average molecular weight is 292 g/mol. The number of carbonyl (C=O) groups excluding carboxylic acids is 1. The molecule has 1 heterocycles. The Morgan fingerprint density at radius 3 is 2.85 bits per heavy atom. The van der Waals surface area contributed by atoms with Crippen molar-refractivity contribution in [3.63, 3.8) is 0 Å². The molecule has 1 aromatic heterocycles. The second-order valence-corrected chi connectivity index (χ2v) is 5.39. The topological polar surface area (TPSA) is 111 Å². The highest BCUT2D eigenvalue weighted by molar-refractivity contribution is 7.11. The minimum Gasteiger partial charge on any atom is -0.373 e. The fraction of sp³-hybridized carbons (Fsp3) is 0.167. The molecular weight excluding hydrogens is 280 g/mol. The zero-order valence-corrected chi connectivity index (χ0v) is 11.4. The van der Waals surface area contributed by atoms with E-state index in [2.05, 4.69) is 10.3 Å². The Kier molecular flexibility index (Phi) is 3.94. The van der Waals surface area contributed by atoms with E-state index in [1.807, 2.05) is 6.92 Å². The molecular formula is C12H12N4O3S. The number of nitrogens with one attached hydrogen (secondary N) is 1. The monoisotopic (exact) mass is 292 g/mol. The lowest BCUT2D eigenvalue weighted by Gasteiger charge is -2.06. The van der Waals surface area contributed by atoms with Crippen molar-refractivity contribution in [3.05, 3.63) is 50.0 Å². The lowest BCUT2D eigenvalue weighted by atomic mass is 10.1. The number of anilines is 1. The molecule has 0 fully saturated rings. The van der Waals surface area contributed by atoms with Gasteiger partial charge in [0.1, 0.15) is 10.7 Å². The van der Waals surface area contributed by atoms with Crippen LogP contribution in [0.4, 0.5) is 11.4 Å². The number of nitro benzene ring substituents is 1. The predicted molar refractivity (Wildman–Crippen MR) is 75.8 cm³/mol. The van der Waals surface area contributed by atoms with Gasteiger partial charge < -0.3 is 11.1 Å². The number of hydrogen-bond acceptors (Lipinski definition) is 6. The number of benzene rings is 1. The zero-order valence-electron chi connectivity index (χ0n) is 10.6. The van der Waals surface area contributed by atoms with Crippen molar-refractivity contribution in [2.45, 2.75) is 13.5 Å². The first-order valence-corrected chi connectivity index (χ1v) is 6.52. The van der Waals surface area contributed by atoms with Crippen LogP contribution in [0.1, 0.15) is 20.2 Å². The van der Waals surface area contributed by atoms with E-state index in [0.717, 1.165) is 16.0 Å². The molecule has 0 spiro atoms. The number of primary amides is 1. The van der Waals surface area contributed by atoms with Gasteiger partial charge in [-0.15, -0.1) is 11.3 Å². The summed E-state index contributed by atoms with van der Waals surface area (Å²) in [5, 5.41) is 14.8. The molecule has 1 aromatic carbocycles. The van der Waals surface area contributed by atoms with Crippen LogP contribution in [0.15, 0.2) is 24.4 Å². The Hall–Kier alpha value is -2.48. The van der Waals surface area contributed by atoms with Crippen LogP contribution in [0.5, 0.6) is 0 Å². The fourth-order valence-electron chi connectivity index (χ4n) is 1.64. The van der Waals surface area contributed by atoms with Crippen LogP contribution in [0.25, 0.3) is 0 Å². The van der Waals surface area contributed by atoms with Gasteiger partial charge in [-0.05, 0) is 19.1 Å². The molecule has 0 saturated heterocycles. The summed E-state index contributed by atoms with van der Waals surface area (Å²) in [6.07, 6.45) is 1.74. The Morgan fingerprint density at radius 1 is 1.55 bits per heavy atom. The van der Waals surface area contributed by atoms with E-state index in [-0.39, 0.29) is 11.3 Å². The minimum absolute atomic E-state index is 0.104. The average Bonchev–Trinajstić information content (AvgIpc) is 2.81. The third-order valence-corrected chi connectivity index (χ3v) is 3.49. The molecule has 8 heteroatoms. The van der Waals surface area contributed by atoms with Crippen molar-refractivity contribution in [3.8, 4) is 0 Å². The van der Waals surface area contributed by atoms with Gasteiger partial charge >= 0.3 is 0 Å². The first kappa shape index (κ1) is 13.9. The number of thiazole rings is 1. The van der Waals surface area contributed by atoms with E-state index in [1.54, 1.807) is 6.20 Å². The van der Waals surface area contributed by atoms with Crippen LogP contribution in [-0.2, 0) is 6.54 Å². The molecule has 0 radical (unpaired) electrons. The molecule has 0 unspecified atom stereocenters. The molecule has 0 aliphatic rings. The van der Waals surface area contributed by atoms with Crippen LogP contribution in [0.2, 0.25) is 0 Å². The summed E-state index contributed by atoms with van der Waals surface area (Å²) in [4.78, 5) is 26.7. The number of rotatable bonds is 5. The Morgan fingerprint density at radius 2 is 2.30 bits per heavy atom. The van der Waals surface area contributed by atoms with Crippen molar-refractivity contribution >= 4 is 28.6 Å². The van der Waals surface area contributed by atoms with Gasteiger partial charge in [0.15, 0.2) is 0 Å². The van der Waals surface area contributed by atoms with E-state index in [1.165, 1.54) is 23.5 Å². The summed E-state index contributed by atoms with van der Waals surface area (Å²) >= 11 is 1.51. The SMILES string of the molecule is Cc1cnc(CNc2ccc(C(N)=O)cc2[N+](=O)[O-])s1. The van der Waals surface area contributed by atoms with Crippen molar-refractivity contribution in [2.75, 3.05) is 5.32 Å². The summed E-state index contributed by atoms with van der Waals surface area (Å²) in [7, 11) is 0. The smallest absolute Gasteiger partial charge is 0.293 e. The summed E-state index contributed by atoms with van der Waals surface area (Å²) in [5.41, 5.74) is 5.36. The third kappa shape index (κ3) is 3.09. The molecule has 2 rings (SSSR count). The molecule has 1 amide bonds. The molecule has 0 aliphatic carbocycles. The largest absolute Gasteiger partial charge is 0.373 e. The van der Waals surface area contributed by atoms with E-state index in [9.17, 15) is 14.9 Å². The van der Waals surface area contributed by atoms with Crippen LogP contribution >= 0.6 is 11.3 Å². The molecule has 7 nitrogen and oxygen atoms in total. The lowest BCUT2D eigenvalue weighted by molar-refractivity contribution is -0.384. The van der Waals surface area contributed by atoms with Crippen LogP contribution in [0, 0.1) is 17.0 Å². The minimum atomic E-state index is -0.699. The molecule has 0 aliphatic heterocycles. The summed E-state index contributed by atoms with van der Waals surface area (Å²) in [6.45, 7) is 2.32. The van der Waals surface area contributed by atoms with Gasteiger partial charge in [-0.2, -0.15) is 0 Å². The van der Waals surface area contributed by atoms with Gasteiger partial charge in [-0.25, -0.2) is 4.98 Å². The molecule has 20 heavy (non-hydrogen) atoms. The van der Waals surface area contributed by atoms with Gasteiger partial charge in [0.05, 0.1) is 11.5 Å². The maximum absolute atomic E-state index is 11.0. The maximum atomic E-state index is 11.0. The fourth-order valence-corrected chi connectivity index (χ4v) is 2.37. The van der Waals surface area contributed by atoms with Gasteiger partial charge in [0, 0.05) is 22.7 Å². The number of nitrogens with two attached hydrogens (primary N) is 1. The van der Waals surface area contributed by atoms with Gasteiger partial charge in [-0.1, -0.05) is 0 Å². The predicted octanol–water partition coefficient (Wildman–Crippen LogP) is 2.07. The van der Waals surface area contributed by atoms with Gasteiger partial charge in [0.2, 0.25) is 5.91 Å². The maximum Gasteiger partial charge on any atom is 0.293 e. The van der Waals surface area contributed by atoms with E-state index in [4.69, 9.17) is 5.73 Å². The highest BCUT2D eigenvalue weighted by atomic mass is 32.1. The number of nitrogens with zero attached hydrogens (tertiary/aromatic N) is 2. The molecule has 0 saturated carbocycles. The summed E-state index contributed by atoms with van der Waals surface area (Å²) in [5.74, 6) is -0.699. The number of aryl methyl sites for hydroxylation is 1. The molecule has 2 aromatic rings. The highest BCUT2D eigenvalue weighted by Gasteiger charge is 2.16. The summed E-state index contributed by atoms with van der Waals surface area (Å²) in [6, 6.07) is 4.08. The number of nitro groups is 1. The quantitative estimate of drug-likeness (QED) is 0.647. The number of hydrogen-bond donors (Lipinski definition) is 2. The van der Waals surface area contributed by atoms with Crippen molar-refractivity contribution in [1.82, 2.24) is 4.98 Å². The van der Waals surface area contributed by atoms with Crippen LogP contribution in [-0.4, -0.2) is 15.8 Å². The Bertz CT molecular complexity index is 668. The normalized spacial score (nSPS) is 10.2. The lowest BCUT2D eigenvalue weighted by Crippen LogP contribution is -2.12. The van der Waals surface area contributed by atoms with E-state index in [0.29, 0.717) is 12.2 Å². The second kappa shape index (κ2) is 5.66. The van der Waals surface area contributed by atoms with Crippen molar-refractivity contribution in [2.24, 2.45) is 5.73 Å². The van der Waals surface area contributed by atoms with E-state index < -0.39 is 10.8 Å². The number of aromatic nitrogens is 1. The molecule has 104 valence electrons. The highest BCUT2D eigenvalue weighted by Crippen LogP contribution is 2.26. The first-order chi connectivity index (χ1) is 9.47. The van der Waals surface area contributed by atoms with E-state index >= 15 is 0 Å². The van der Waals surface area contributed by atoms with Crippen LogP contribution in [0.3, 0.4) is 0 Å². The Labute approximate surface area is 118 Å². The zero-order chi connectivity index (χ0) is 14.7. The van der Waals surface area contributed by atoms with Crippen molar-refractivity contribution < 1.29 is 9.72 Å². The third-order valence-electron chi connectivity index (χ3n) is 2.58. The summed E-state index contributed by atoms with van der Waals surface area (Å²) < 4.78 is 0. The standard InChI is InChI=1S/C12H12N4O3S/c1-7-5-15-11(20-7)6-14-9-3-2-8(12(13)17)4-10(9)16(18)19/h2-5,14H,6H2,1H3,(H2,13,17). The molecule has 0 bridgehead atoms.